The van der Waals surface area contributed by atoms with Gasteiger partial charge in [-0.15, -0.1) is 0 Å². The lowest BCUT2D eigenvalue weighted by molar-refractivity contribution is -0.120. The van der Waals surface area contributed by atoms with Crippen LogP contribution in [-0.2, 0) is 17.8 Å². The van der Waals surface area contributed by atoms with Gasteiger partial charge in [0.25, 0.3) is 0 Å². The van der Waals surface area contributed by atoms with Crippen molar-refractivity contribution >= 4 is 5.78 Å². The van der Waals surface area contributed by atoms with Crippen molar-refractivity contribution in [2.75, 3.05) is 0 Å². The molecule has 1 atom stereocenters. The summed E-state index contributed by atoms with van der Waals surface area (Å²) in [5.41, 5.74) is 2.64. The van der Waals surface area contributed by atoms with E-state index in [2.05, 4.69) is 17.4 Å². The fourth-order valence-corrected chi connectivity index (χ4v) is 1.93. The summed E-state index contributed by atoms with van der Waals surface area (Å²) in [5, 5.41) is 3.28. The van der Waals surface area contributed by atoms with Gasteiger partial charge in [-0.05, 0) is 17.5 Å². The second kappa shape index (κ2) is 3.93. The quantitative estimate of drug-likeness (QED) is 0.767. The number of carbonyl (C=O) groups is 1. The Labute approximate surface area is 84.3 Å². The average molecular weight is 189 g/mol. The number of Topliss-reactive ketones (excluding diaryl/α,β-unsaturated/α-hetero) is 1. The molecule has 1 aliphatic heterocycles. The second-order valence-electron chi connectivity index (χ2n) is 3.73. The molecule has 0 bridgehead atoms. The van der Waals surface area contributed by atoms with Crippen molar-refractivity contribution in [1.29, 1.82) is 0 Å². The maximum Gasteiger partial charge on any atom is 0.149 e. The molecule has 1 aromatic carbocycles. The van der Waals surface area contributed by atoms with Crippen LogP contribution in [0.1, 0.15) is 24.5 Å². The Hall–Kier alpha value is -1.15. The molecule has 0 saturated carbocycles. The standard InChI is InChI=1S/C12H15NO/c1-2-12(14)11-7-9-5-3-4-6-10(9)8-13-11/h3-6,11,13H,2,7-8H2,1H3. The molecule has 0 aliphatic carbocycles. The van der Waals surface area contributed by atoms with Crippen LogP contribution in [0.15, 0.2) is 24.3 Å². The maximum absolute atomic E-state index is 11.5. The van der Waals surface area contributed by atoms with E-state index in [1.54, 1.807) is 0 Å². The lowest BCUT2D eigenvalue weighted by Crippen LogP contribution is -2.41. The molecule has 1 aromatic rings. The number of benzene rings is 1. The van der Waals surface area contributed by atoms with Crippen LogP contribution in [-0.4, -0.2) is 11.8 Å². The Morgan fingerprint density at radius 2 is 2.14 bits per heavy atom. The maximum atomic E-state index is 11.5. The summed E-state index contributed by atoms with van der Waals surface area (Å²) in [6.07, 6.45) is 1.47. The number of carbonyl (C=O) groups excluding carboxylic acids is 1. The molecule has 0 radical (unpaired) electrons. The highest BCUT2D eigenvalue weighted by Crippen LogP contribution is 2.16. The highest BCUT2D eigenvalue weighted by Gasteiger charge is 2.21. The molecule has 1 aliphatic rings. The second-order valence-corrected chi connectivity index (χ2v) is 3.73. The van der Waals surface area contributed by atoms with Crippen LogP contribution < -0.4 is 5.32 Å². The van der Waals surface area contributed by atoms with E-state index in [9.17, 15) is 4.79 Å². The molecule has 1 unspecified atom stereocenters. The molecule has 0 fully saturated rings. The molecule has 0 aromatic heterocycles. The van der Waals surface area contributed by atoms with Crippen molar-refractivity contribution in [2.24, 2.45) is 0 Å². The number of nitrogens with one attached hydrogen (secondary N) is 1. The molecular formula is C12H15NO. The number of ketones is 1. The summed E-state index contributed by atoms with van der Waals surface area (Å²) < 4.78 is 0. The smallest absolute Gasteiger partial charge is 0.149 e. The molecule has 0 spiro atoms. The van der Waals surface area contributed by atoms with Crippen LogP contribution in [0, 0.1) is 0 Å². The summed E-state index contributed by atoms with van der Waals surface area (Å²) in [4.78, 5) is 11.5. The first-order valence-corrected chi connectivity index (χ1v) is 5.14. The predicted octanol–water partition coefficient (Wildman–Crippen LogP) is 1.68. The molecule has 14 heavy (non-hydrogen) atoms. The number of hydrogen-bond donors (Lipinski definition) is 1. The van der Waals surface area contributed by atoms with E-state index in [0.29, 0.717) is 12.2 Å². The summed E-state index contributed by atoms with van der Waals surface area (Å²) in [6.45, 7) is 2.75. The van der Waals surface area contributed by atoms with Crippen LogP contribution in [0.25, 0.3) is 0 Å². The van der Waals surface area contributed by atoms with Crippen LogP contribution >= 0.6 is 0 Å². The van der Waals surface area contributed by atoms with Gasteiger partial charge in [-0.25, -0.2) is 0 Å². The topological polar surface area (TPSA) is 29.1 Å². The summed E-state index contributed by atoms with van der Waals surface area (Å²) in [5.74, 6) is 0.319. The normalized spacial score (nSPS) is 20.2. The van der Waals surface area contributed by atoms with Crippen LogP contribution in [0.5, 0.6) is 0 Å². The molecule has 1 heterocycles. The van der Waals surface area contributed by atoms with E-state index < -0.39 is 0 Å². The van der Waals surface area contributed by atoms with Crippen LogP contribution in [0.4, 0.5) is 0 Å². The van der Waals surface area contributed by atoms with E-state index in [1.165, 1.54) is 11.1 Å². The molecule has 2 nitrogen and oxygen atoms in total. The van der Waals surface area contributed by atoms with Crippen molar-refractivity contribution in [3.63, 3.8) is 0 Å². The van der Waals surface area contributed by atoms with Crippen molar-refractivity contribution in [3.05, 3.63) is 35.4 Å². The molecule has 0 amide bonds. The molecule has 0 saturated heterocycles. The predicted molar refractivity (Wildman–Crippen MR) is 56.1 cm³/mol. The minimum Gasteiger partial charge on any atom is -0.303 e. The molecular weight excluding hydrogens is 174 g/mol. The van der Waals surface area contributed by atoms with E-state index >= 15 is 0 Å². The molecule has 2 heteroatoms. The third-order valence-corrected chi connectivity index (χ3v) is 2.82. The highest BCUT2D eigenvalue weighted by molar-refractivity contribution is 5.84. The minimum absolute atomic E-state index is 0.0369. The minimum atomic E-state index is 0.0369. The van der Waals surface area contributed by atoms with Gasteiger partial charge >= 0.3 is 0 Å². The molecule has 2 rings (SSSR count). The van der Waals surface area contributed by atoms with Gasteiger partial charge in [0.2, 0.25) is 0 Å². The lowest BCUT2D eigenvalue weighted by Gasteiger charge is -2.24. The van der Waals surface area contributed by atoms with E-state index in [-0.39, 0.29) is 6.04 Å². The first-order valence-electron chi connectivity index (χ1n) is 5.14. The van der Waals surface area contributed by atoms with E-state index in [0.717, 1.165) is 13.0 Å². The van der Waals surface area contributed by atoms with Gasteiger partial charge in [-0.3, -0.25) is 4.79 Å². The zero-order chi connectivity index (χ0) is 9.97. The Morgan fingerprint density at radius 3 is 2.86 bits per heavy atom. The number of hydrogen-bond acceptors (Lipinski definition) is 2. The highest BCUT2D eigenvalue weighted by atomic mass is 16.1. The van der Waals surface area contributed by atoms with Gasteiger partial charge in [-0.2, -0.15) is 0 Å². The largest absolute Gasteiger partial charge is 0.303 e. The lowest BCUT2D eigenvalue weighted by atomic mass is 9.93. The van der Waals surface area contributed by atoms with Gasteiger partial charge in [-0.1, -0.05) is 31.2 Å². The average Bonchev–Trinajstić information content (AvgIpc) is 2.27. The summed E-state index contributed by atoms with van der Waals surface area (Å²) in [7, 11) is 0. The Morgan fingerprint density at radius 1 is 1.43 bits per heavy atom. The number of fused-ring (bicyclic) bond motifs is 1. The van der Waals surface area contributed by atoms with Crippen molar-refractivity contribution in [3.8, 4) is 0 Å². The number of rotatable bonds is 2. The first kappa shape index (κ1) is 9.41. The first-order chi connectivity index (χ1) is 6.81. The Balaban J connectivity index is 2.17. The fraction of sp³-hybridized carbons (Fsp3) is 0.417. The van der Waals surface area contributed by atoms with Gasteiger partial charge < -0.3 is 5.32 Å². The molecule has 1 N–H and O–H groups in total. The van der Waals surface area contributed by atoms with Crippen LogP contribution in [0.3, 0.4) is 0 Å². The summed E-state index contributed by atoms with van der Waals surface area (Å²) in [6, 6.07) is 8.36. The molecule has 74 valence electrons. The van der Waals surface area contributed by atoms with Gasteiger partial charge in [0.15, 0.2) is 0 Å². The summed E-state index contributed by atoms with van der Waals surface area (Å²) >= 11 is 0. The zero-order valence-corrected chi connectivity index (χ0v) is 8.42. The van der Waals surface area contributed by atoms with Gasteiger partial charge in [0.05, 0.1) is 6.04 Å². The SMILES string of the molecule is CCC(=O)C1Cc2ccccc2CN1. The van der Waals surface area contributed by atoms with Crippen molar-refractivity contribution in [2.45, 2.75) is 32.4 Å². The zero-order valence-electron chi connectivity index (χ0n) is 8.42. The van der Waals surface area contributed by atoms with Gasteiger partial charge in [0.1, 0.15) is 5.78 Å². The monoisotopic (exact) mass is 189 g/mol. The van der Waals surface area contributed by atoms with Crippen LogP contribution in [0.2, 0.25) is 0 Å². The van der Waals surface area contributed by atoms with Crippen molar-refractivity contribution < 1.29 is 4.79 Å². The van der Waals surface area contributed by atoms with Crippen molar-refractivity contribution in [1.82, 2.24) is 5.32 Å². The Kier molecular flexibility index (Phi) is 2.64. The third-order valence-electron chi connectivity index (χ3n) is 2.82. The van der Waals surface area contributed by atoms with Gasteiger partial charge in [0, 0.05) is 13.0 Å². The fourth-order valence-electron chi connectivity index (χ4n) is 1.93. The van der Waals surface area contributed by atoms with E-state index in [4.69, 9.17) is 0 Å². The third kappa shape index (κ3) is 1.70. The Bertz CT molecular complexity index is 346. The van der Waals surface area contributed by atoms with E-state index in [1.807, 2.05) is 19.1 Å².